The zero-order valence-corrected chi connectivity index (χ0v) is 17.0. The Balaban J connectivity index is 2.11. The summed E-state index contributed by atoms with van der Waals surface area (Å²) < 4.78 is 48.5. The van der Waals surface area contributed by atoms with E-state index in [1.807, 2.05) is 19.0 Å². The number of hydrogen-bond donors (Lipinski definition) is 0. The van der Waals surface area contributed by atoms with Gasteiger partial charge in [-0.2, -0.15) is 13.2 Å². The highest BCUT2D eigenvalue weighted by atomic mass is 19.4. The minimum atomic E-state index is -4.52. The Labute approximate surface area is 175 Å². The highest BCUT2D eigenvalue weighted by Crippen LogP contribution is 2.42. The molecule has 3 aromatic rings. The van der Waals surface area contributed by atoms with Gasteiger partial charge in [-0.25, -0.2) is 0 Å². The van der Waals surface area contributed by atoms with Crippen molar-refractivity contribution in [3.8, 4) is 5.75 Å². The number of nitrogens with zero attached hydrogens (tertiary/aromatic N) is 1. The summed E-state index contributed by atoms with van der Waals surface area (Å²) in [6, 6.07) is 23.4. The summed E-state index contributed by atoms with van der Waals surface area (Å²) in [5.74, 6) is 0.626. The number of benzene rings is 3. The number of alkyl halides is 3. The van der Waals surface area contributed by atoms with Crippen LogP contribution in [-0.2, 0) is 0 Å². The lowest BCUT2D eigenvalue weighted by Gasteiger charge is -2.20. The molecule has 0 aliphatic heterocycles. The molecule has 0 aliphatic rings. The molecule has 0 amide bonds. The second-order valence-corrected chi connectivity index (χ2v) is 7.16. The van der Waals surface area contributed by atoms with Crippen LogP contribution in [0.2, 0.25) is 0 Å². The van der Waals surface area contributed by atoms with Gasteiger partial charge in [-0.3, -0.25) is 0 Å². The van der Waals surface area contributed by atoms with Gasteiger partial charge in [0.25, 0.3) is 0 Å². The zero-order chi connectivity index (χ0) is 21.6. The van der Waals surface area contributed by atoms with Gasteiger partial charge in [0.2, 0.25) is 0 Å². The molecule has 30 heavy (non-hydrogen) atoms. The molecule has 3 rings (SSSR count). The monoisotopic (exact) mass is 411 g/mol. The molecule has 0 heterocycles. The van der Waals surface area contributed by atoms with E-state index < -0.39 is 11.7 Å². The SMILES string of the molecule is CN(C)CCOc1ccc(/C(=C(\c2ccccc2)C(F)(F)F)c2ccccc2)cc1. The molecule has 0 radical (unpaired) electrons. The van der Waals surface area contributed by atoms with E-state index in [1.54, 1.807) is 72.8 Å². The average Bonchev–Trinajstić information content (AvgIpc) is 2.73. The summed E-state index contributed by atoms with van der Waals surface area (Å²) in [7, 11) is 3.90. The van der Waals surface area contributed by atoms with Crippen LogP contribution in [0, 0.1) is 0 Å². The van der Waals surface area contributed by atoms with Crippen molar-refractivity contribution in [1.29, 1.82) is 0 Å². The van der Waals surface area contributed by atoms with Crippen LogP contribution in [0.4, 0.5) is 13.2 Å². The molecule has 156 valence electrons. The number of allylic oxidation sites excluding steroid dienone is 1. The van der Waals surface area contributed by atoms with Crippen molar-refractivity contribution < 1.29 is 17.9 Å². The third-order valence-corrected chi connectivity index (χ3v) is 4.61. The quantitative estimate of drug-likeness (QED) is 0.433. The van der Waals surface area contributed by atoms with Gasteiger partial charge in [-0.1, -0.05) is 72.8 Å². The van der Waals surface area contributed by atoms with Crippen LogP contribution in [0.15, 0.2) is 84.9 Å². The fourth-order valence-electron chi connectivity index (χ4n) is 3.18. The Morgan fingerprint density at radius 1 is 0.733 bits per heavy atom. The van der Waals surface area contributed by atoms with E-state index >= 15 is 0 Å². The van der Waals surface area contributed by atoms with Gasteiger partial charge in [0.15, 0.2) is 0 Å². The first-order valence-corrected chi connectivity index (χ1v) is 9.66. The lowest BCUT2D eigenvalue weighted by molar-refractivity contribution is -0.0685. The Hall–Kier alpha value is -3.05. The third-order valence-electron chi connectivity index (χ3n) is 4.61. The van der Waals surface area contributed by atoms with Gasteiger partial charge in [-0.05, 0) is 42.9 Å². The van der Waals surface area contributed by atoms with Gasteiger partial charge >= 0.3 is 6.18 Å². The molecule has 0 fully saturated rings. The smallest absolute Gasteiger partial charge is 0.417 e. The summed E-state index contributed by atoms with van der Waals surface area (Å²) >= 11 is 0. The maximum atomic E-state index is 14.3. The lowest BCUT2D eigenvalue weighted by Crippen LogP contribution is -2.19. The van der Waals surface area contributed by atoms with E-state index in [4.69, 9.17) is 4.74 Å². The molecule has 0 atom stereocenters. The number of hydrogen-bond acceptors (Lipinski definition) is 2. The molecule has 5 heteroatoms. The molecule has 0 bridgehead atoms. The number of halogens is 3. The minimum Gasteiger partial charge on any atom is -0.492 e. The summed E-state index contributed by atoms with van der Waals surface area (Å²) in [5.41, 5.74) is 0.618. The molecular formula is C25H24F3NO. The first-order chi connectivity index (χ1) is 14.4. The topological polar surface area (TPSA) is 12.5 Å². The normalized spacial score (nSPS) is 12.6. The van der Waals surface area contributed by atoms with Crippen LogP contribution in [0.1, 0.15) is 16.7 Å². The van der Waals surface area contributed by atoms with Crippen molar-refractivity contribution in [1.82, 2.24) is 4.90 Å². The predicted molar refractivity (Wildman–Crippen MR) is 115 cm³/mol. The number of rotatable bonds is 7. The van der Waals surface area contributed by atoms with Gasteiger partial charge in [-0.15, -0.1) is 0 Å². The predicted octanol–water partition coefficient (Wildman–Crippen LogP) is 6.15. The van der Waals surface area contributed by atoms with E-state index in [0.717, 1.165) is 6.54 Å². The highest BCUT2D eigenvalue weighted by molar-refractivity contribution is 6.00. The highest BCUT2D eigenvalue weighted by Gasteiger charge is 2.38. The fraction of sp³-hybridized carbons (Fsp3) is 0.200. The summed E-state index contributed by atoms with van der Waals surface area (Å²) in [5, 5.41) is 0. The first kappa shape index (κ1) is 21.7. The lowest BCUT2D eigenvalue weighted by atomic mass is 9.89. The van der Waals surface area contributed by atoms with Crippen LogP contribution >= 0.6 is 0 Å². The van der Waals surface area contributed by atoms with Crippen LogP contribution in [-0.4, -0.2) is 38.3 Å². The van der Waals surface area contributed by atoms with Crippen molar-refractivity contribution in [3.05, 3.63) is 102 Å². The van der Waals surface area contributed by atoms with Crippen molar-refractivity contribution in [3.63, 3.8) is 0 Å². The van der Waals surface area contributed by atoms with Crippen molar-refractivity contribution in [2.45, 2.75) is 6.18 Å². The van der Waals surface area contributed by atoms with E-state index in [2.05, 4.69) is 0 Å². The van der Waals surface area contributed by atoms with Crippen molar-refractivity contribution in [2.24, 2.45) is 0 Å². The molecule has 0 saturated carbocycles. The van der Waals surface area contributed by atoms with Gasteiger partial charge < -0.3 is 9.64 Å². The van der Waals surface area contributed by atoms with Gasteiger partial charge in [0, 0.05) is 12.1 Å². The molecule has 2 nitrogen and oxygen atoms in total. The minimum absolute atomic E-state index is 0.134. The number of ether oxygens (including phenoxy) is 1. The summed E-state index contributed by atoms with van der Waals surface area (Å²) in [6.07, 6.45) is -4.52. The van der Waals surface area contributed by atoms with E-state index in [-0.39, 0.29) is 11.1 Å². The van der Waals surface area contributed by atoms with Crippen LogP contribution in [0.3, 0.4) is 0 Å². The fourth-order valence-corrected chi connectivity index (χ4v) is 3.18. The van der Waals surface area contributed by atoms with Gasteiger partial charge in [0.05, 0.1) is 5.57 Å². The van der Waals surface area contributed by atoms with Crippen LogP contribution in [0.5, 0.6) is 5.75 Å². The summed E-state index contributed by atoms with van der Waals surface area (Å²) in [4.78, 5) is 2.00. The molecular weight excluding hydrogens is 387 g/mol. The largest absolute Gasteiger partial charge is 0.492 e. The Bertz CT molecular complexity index is 963. The Kier molecular flexibility index (Phi) is 6.95. The summed E-state index contributed by atoms with van der Waals surface area (Å²) in [6.45, 7) is 1.26. The number of likely N-dealkylation sites (N-methyl/N-ethyl adjacent to an activating group) is 1. The second kappa shape index (κ2) is 9.63. The second-order valence-electron chi connectivity index (χ2n) is 7.16. The zero-order valence-electron chi connectivity index (χ0n) is 17.0. The molecule has 3 aromatic carbocycles. The third kappa shape index (κ3) is 5.51. The van der Waals surface area contributed by atoms with E-state index in [1.165, 1.54) is 12.1 Å². The first-order valence-electron chi connectivity index (χ1n) is 9.66. The maximum absolute atomic E-state index is 14.3. The average molecular weight is 411 g/mol. The molecule has 0 aliphatic carbocycles. The van der Waals surface area contributed by atoms with Crippen LogP contribution < -0.4 is 4.74 Å². The van der Waals surface area contributed by atoms with Crippen molar-refractivity contribution in [2.75, 3.05) is 27.2 Å². The van der Waals surface area contributed by atoms with Gasteiger partial charge in [0.1, 0.15) is 12.4 Å². The molecule has 0 spiro atoms. The van der Waals surface area contributed by atoms with E-state index in [0.29, 0.717) is 23.5 Å². The molecule has 0 unspecified atom stereocenters. The Morgan fingerprint density at radius 2 is 1.23 bits per heavy atom. The maximum Gasteiger partial charge on any atom is 0.417 e. The van der Waals surface area contributed by atoms with E-state index in [9.17, 15) is 13.2 Å². The van der Waals surface area contributed by atoms with Crippen molar-refractivity contribution >= 4 is 11.1 Å². The Morgan fingerprint density at radius 3 is 1.73 bits per heavy atom. The molecule has 0 N–H and O–H groups in total. The van der Waals surface area contributed by atoms with Crippen LogP contribution in [0.25, 0.3) is 11.1 Å². The standard InChI is InChI=1S/C25H24F3NO/c1-29(2)17-18-30-22-15-13-20(14-16-22)23(19-9-5-3-6-10-19)24(25(26,27)28)21-11-7-4-8-12-21/h3-16H,17-18H2,1-2H3/b24-23+. The molecule has 0 aromatic heterocycles. The molecule has 0 saturated heterocycles.